The van der Waals surface area contributed by atoms with Gasteiger partial charge < -0.3 is 9.96 Å². The van der Waals surface area contributed by atoms with Crippen LogP contribution in [0, 0.1) is 0 Å². The molecule has 0 aliphatic rings. The molecule has 292 valence electrons. The Labute approximate surface area is 307 Å². The molecule has 1 N–H and O–H groups in total. The lowest BCUT2D eigenvalue weighted by Gasteiger charge is -2.35. The SMILES string of the molecule is CCCCCCCCCCCCCCC[N+](C)(CCCCCCCCCCCCCCC)CCCCCCCCCCCCCCC.[OH-]. The van der Waals surface area contributed by atoms with Crippen molar-refractivity contribution in [3.63, 3.8) is 0 Å². The second-order valence-electron chi connectivity index (χ2n) is 16.5. The molecule has 0 aromatic heterocycles. The minimum atomic E-state index is 0. The van der Waals surface area contributed by atoms with E-state index in [2.05, 4.69) is 27.8 Å². The Balaban J connectivity index is 0. The van der Waals surface area contributed by atoms with Crippen molar-refractivity contribution in [1.82, 2.24) is 0 Å². The highest BCUT2D eigenvalue weighted by atomic mass is 16.0. The first-order valence-electron chi connectivity index (χ1n) is 23.0. The molecule has 0 saturated heterocycles. The van der Waals surface area contributed by atoms with Gasteiger partial charge in [0.25, 0.3) is 0 Å². The zero-order chi connectivity index (χ0) is 34.2. The number of rotatable bonds is 42. The van der Waals surface area contributed by atoms with E-state index in [0.29, 0.717) is 0 Å². The van der Waals surface area contributed by atoms with Gasteiger partial charge >= 0.3 is 0 Å². The van der Waals surface area contributed by atoms with Crippen LogP contribution < -0.4 is 0 Å². The summed E-state index contributed by atoms with van der Waals surface area (Å²) < 4.78 is 1.37. The maximum Gasteiger partial charge on any atom is 0.0784 e. The molecule has 0 saturated carbocycles. The van der Waals surface area contributed by atoms with Crippen molar-refractivity contribution >= 4 is 0 Å². The van der Waals surface area contributed by atoms with Gasteiger partial charge in [0.1, 0.15) is 0 Å². The first-order chi connectivity index (χ1) is 23.2. The number of hydrogen-bond donors (Lipinski definition) is 0. The lowest BCUT2D eigenvalue weighted by Crippen LogP contribution is -2.46. The third-order valence-corrected chi connectivity index (χ3v) is 11.4. The van der Waals surface area contributed by atoms with Crippen molar-refractivity contribution in [2.45, 2.75) is 271 Å². The first-order valence-corrected chi connectivity index (χ1v) is 23.0. The van der Waals surface area contributed by atoms with E-state index in [1.54, 1.807) is 0 Å². The van der Waals surface area contributed by atoms with Crippen LogP contribution >= 0.6 is 0 Å². The summed E-state index contributed by atoms with van der Waals surface area (Å²) in [4.78, 5) is 0. The average molecular weight is 680 g/mol. The van der Waals surface area contributed by atoms with Gasteiger partial charge in [-0.2, -0.15) is 0 Å². The summed E-state index contributed by atoms with van der Waals surface area (Å²) in [5.41, 5.74) is 0. The molecule has 0 bridgehead atoms. The van der Waals surface area contributed by atoms with Crippen LogP contribution in [0.4, 0.5) is 0 Å². The van der Waals surface area contributed by atoms with E-state index in [1.807, 2.05) is 0 Å². The molecule has 2 nitrogen and oxygen atoms in total. The molecular formula is C46H97NO. The van der Waals surface area contributed by atoms with Gasteiger partial charge in [-0.1, -0.05) is 233 Å². The van der Waals surface area contributed by atoms with Gasteiger partial charge in [0.15, 0.2) is 0 Å². The molecular weight excluding hydrogens is 583 g/mol. The molecule has 0 aliphatic heterocycles. The number of hydrogen-bond acceptors (Lipinski definition) is 1. The predicted molar refractivity (Wildman–Crippen MR) is 220 cm³/mol. The standard InChI is InChI=1S/C46H96N.H2O/c1-5-8-11-14-17-20-23-26-29-32-35-38-41-44-47(4,45-42-39-36-33-30-27-24-21-18-15-12-9-6-2)46-43-40-37-34-31-28-25-22-19-16-13-10-7-3;/h5-46H2,1-4H3;1H2/q+1;/p-1. The highest BCUT2D eigenvalue weighted by Gasteiger charge is 2.20. The fourth-order valence-electron chi connectivity index (χ4n) is 7.87. The molecule has 0 spiro atoms. The second-order valence-corrected chi connectivity index (χ2v) is 16.5. The molecule has 0 aromatic carbocycles. The molecule has 0 aromatic rings. The van der Waals surface area contributed by atoms with E-state index in [-0.39, 0.29) is 5.48 Å². The molecule has 0 amide bonds. The molecule has 0 fully saturated rings. The van der Waals surface area contributed by atoms with Crippen LogP contribution in [0.1, 0.15) is 271 Å². The number of quaternary nitrogens is 1. The zero-order valence-corrected chi connectivity index (χ0v) is 34.6. The van der Waals surface area contributed by atoms with Gasteiger partial charge in [-0.15, -0.1) is 0 Å². The van der Waals surface area contributed by atoms with Gasteiger partial charge in [0, 0.05) is 0 Å². The molecule has 0 unspecified atom stereocenters. The van der Waals surface area contributed by atoms with Crippen molar-refractivity contribution in [2.24, 2.45) is 0 Å². The Morgan fingerprint density at radius 2 is 0.333 bits per heavy atom. The summed E-state index contributed by atoms with van der Waals surface area (Å²) in [6.07, 6.45) is 57.2. The molecule has 0 rings (SSSR count). The Morgan fingerprint density at radius 3 is 0.479 bits per heavy atom. The van der Waals surface area contributed by atoms with Gasteiger partial charge in [-0.25, -0.2) is 0 Å². The van der Waals surface area contributed by atoms with E-state index in [0.717, 1.165) is 0 Å². The molecule has 0 atom stereocenters. The highest BCUT2D eigenvalue weighted by Crippen LogP contribution is 2.19. The maximum atomic E-state index is 2.63. The van der Waals surface area contributed by atoms with E-state index in [4.69, 9.17) is 0 Å². The third-order valence-electron chi connectivity index (χ3n) is 11.4. The minimum Gasteiger partial charge on any atom is -0.870 e. The molecule has 0 heterocycles. The minimum absolute atomic E-state index is 0. The summed E-state index contributed by atoms with van der Waals surface area (Å²) in [6, 6.07) is 0. The quantitative estimate of drug-likeness (QED) is 0.0466. The van der Waals surface area contributed by atoms with Crippen molar-refractivity contribution in [3.05, 3.63) is 0 Å². The van der Waals surface area contributed by atoms with Gasteiger partial charge in [-0.3, -0.25) is 0 Å². The van der Waals surface area contributed by atoms with E-state index in [9.17, 15) is 0 Å². The zero-order valence-electron chi connectivity index (χ0n) is 34.6. The second kappa shape index (κ2) is 43.1. The van der Waals surface area contributed by atoms with Crippen LogP contribution in [0.15, 0.2) is 0 Å². The first kappa shape index (κ1) is 50.0. The molecule has 2 heteroatoms. The summed E-state index contributed by atoms with van der Waals surface area (Å²) in [7, 11) is 2.63. The van der Waals surface area contributed by atoms with Gasteiger partial charge in [-0.05, 0) is 38.5 Å². The summed E-state index contributed by atoms with van der Waals surface area (Å²) >= 11 is 0. The highest BCUT2D eigenvalue weighted by molar-refractivity contribution is 4.54. The third kappa shape index (κ3) is 40.4. The molecule has 0 aliphatic carbocycles. The number of nitrogens with zero attached hydrogens (tertiary/aromatic N) is 1. The van der Waals surface area contributed by atoms with Crippen LogP contribution in [-0.2, 0) is 0 Å². The molecule has 48 heavy (non-hydrogen) atoms. The maximum absolute atomic E-state index is 2.63. The van der Waals surface area contributed by atoms with E-state index >= 15 is 0 Å². The lowest BCUT2D eigenvalue weighted by molar-refractivity contribution is -0.910. The predicted octanol–water partition coefficient (Wildman–Crippen LogP) is 16.5. The summed E-state index contributed by atoms with van der Waals surface area (Å²) in [5, 5.41) is 0. The van der Waals surface area contributed by atoms with E-state index in [1.165, 1.54) is 275 Å². The Hall–Kier alpha value is -0.0800. The van der Waals surface area contributed by atoms with Crippen LogP contribution in [0.3, 0.4) is 0 Å². The van der Waals surface area contributed by atoms with Gasteiger partial charge in [0.2, 0.25) is 0 Å². The Bertz CT molecular complexity index is 474. The largest absolute Gasteiger partial charge is 0.870 e. The molecule has 0 radical (unpaired) electrons. The smallest absolute Gasteiger partial charge is 0.0784 e. The van der Waals surface area contributed by atoms with Crippen molar-refractivity contribution in [3.8, 4) is 0 Å². The lowest BCUT2D eigenvalue weighted by atomic mass is 10.0. The fraction of sp³-hybridized carbons (Fsp3) is 1.00. The Kier molecular flexibility index (Phi) is 44.9. The average Bonchev–Trinajstić information content (AvgIpc) is 3.07. The monoisotopic (exact) mass is 680 g/mol. The normalized spacial score (nSPS) is 11.8. The van der Waals surface area contributed by atoms with Crippen molar-refractivity contribution in [2.75, 3.05) is 26.7 Å². The van der Waals surface area contributed by atoms with Crippen LogP contribution in [0.25, 0.3) is 0 Å². The fourth-order valence-corrected chi connectivity index (χ4v) is 7.87. The van der Waals surface area contributed by atoms with Crippen LogP contribution in [-0.4, -0.2) is 36.6 Å². The summed E-state index contributed by atoms with van der Waals surface area (Å²) in [5.74, 6) is 0. The Morgan fingerprint density at radius 1 is 0.208 bits per heavy atom. The van der Waals surface area contributed by atoms with E-state index < -0.39 is 0 Å². The van der Waals surface area contributed by atoms with Crippen LogP contribution in [0.2, 0.25) is 0 Å². The topological polar surface area (TPSA) is 30.0 Å². The van der Waals surface area contributed by atoms with Crippen LogP contribution in [0.5, 0.6) is 0 Å². The van der Waals surface area contributed by atoms with Gasteiger partial charge in [0.05, 0.1) is 26.7 Å². The number of unbranched alkanes of at least 4 members (excludes halogenated alkanes) is 36. The summed E-state index contributed by atoms with van der Waals surface area (Å²) in [6.45, 7) is 11.3. The van der Waals surface area contributed by atoms with Crippen molar-refractivity contribution in [1.29, 1.82) is 0 Å². The van der Waals surface area contributed by atoms with Crippen molar-refractivity contribution < 1.29 is 9.96 Å².